The summed E-state index contributed by atoms with van der Waals surface area (Å²) >= 11 is -1.80. The van der Waals surface area contributed by atoms with Crippen molar-refractivity contribution in [3.8, 4) is 0 Å². The quantitative estimate of drug-likeness (QED) is 0.151. The number of rotatable bonds is 4. The van der Waals surface area contributed by atoms with Gasteiger partial charge >= 0.3 is 60.5 Å². The maximum atomic E-state index is 5.65. The minimum absolute atomic E-state index is 0.616. The van der Waals surface area contributed by atoms with Crippen LogP contribution in [0.3, 0.4) is 0 Å². The average molecular weight is 663 g/mol. The zero-order chi connectivity index (χ0) is 24.5. The molecule has 0 heterocycles. The van der Waals surface area contributed by atoms with Crippen LogP contribution in [0.25, 0.3) is 21.5 Å². The van der Waals surface area contributed by atoms with Crippen LogP contribution >= 0.6 is 17.2 Å². The molecule has 0 aliphatic heterocycles. The summed E-state index contributed by atoms with van der Waals surface area (Å²) in [6.07, 6.45) is 2.17. The van der Waals surface area contributed by atoms with E-state index in [4.69, 9.17) is 17.2 Å². The van der Waals surface area contributed by atoms with Crippen molar-refractivity contribution in [3.05, 3.63) is 82.9 Å². The Labute approximate surface area is 216 Å². The Morgan fingerprint density at radius 3 is 1.52 bits per heavy atom. The molecule has 4 heteroatoms. The zero-order valence-electron chi connectivity index (χ0n) is 21.1. The second kappa shape index (κ2) is 14.0. The van der Waals surface area contributed by atoms with Crippen LogP contribution in [0.5, 0.6) is 0 Å². The molecule has 177 valence electrons. The molecule has 0 N–H and O–H groups in total. The molecule has 4 aromatic rings. The van der Waals surface area contributed by atoms with Crippen LogP contribution in [-0.4, -0.2) is 6.22 Å². The van der Waals surface area contributed by atoms with Gasteiger partial charge in [0, 0.05) is 0 Å². The third-order valence-corrected chi connectivity index (χ3v) is 18.8. The number of benzene rings is 2. The predicted molar refractivity (Wildman–Crippen MR) is 149 cm³/mol. The molecule has 0 unspecified atom stereocenters. The van der Waals surface area contributed by atoms with Crippen LogP contribution in [0.15, 0.2) is 60.7 Å². The topological polar surface area (TPSA) is 0 Å². The van der Waals surface area contributed by atoms with Gasteiger partial charge in [-0.15, -0.1) is 69.1 Å². The minimum atomic E-state index is -1.80. The average Bonchev–Trinajstić information content (AvgIpc) is 3.32. The molecule has 0 fully saturated rings. The molecule has 0 saturated heterocycles. The Balaban J connectivity index is 0.000000185. The Bertz CT molecular complexity index is 1090. The van der Waals surface area contributed by atoms with Gasteiger partial charge in [-0.25, -0.2) is 0 Å². The van der Waals surface area contributed by atoms with Crippen molar-refractivity contribution in [2.24, 2.45) is 0 Å². The number of halogens is 2. The van der Waals surface area contributed by atoms with E-state index < -0.39 is 17.7 Å². The Morgan fingerprint density at radius 2 is 1.21 bits per heavy atom. The molecule has 1 radical (unpaired) electrons. The van der Waals surface area contributed by atoms with Crippen LogP contribution in [0, 0.1) is 13.8 Å². The summed E-state index contributed by atoms with van der Waals surface area (Å²) in [6.45, 7) is 15.5. The van der Waals surface area contributed by atoms with Crippen molar-refractivity contribution in [2.45, 2.75) is 72.8 Å². The fourth-order valence-electron chi connectivity index (χ4n) is 4.04. The molecule has 0 spiro atoms. The summed E-state index contributed by atoms with van der Waals surface area (Å²) < 4.78 is 0. The van der Waals surface area contributed by atoms with Crippen molar-refractivity contribution in [3.63, 3.8) is 0 Å². The van der Waals surface area contributed by atoms with E-state index in [1.165, 1.54) is 56.3 Å². The van der Waals surface area contributed by atoms with Crippen LogP contribution in [0.2, 0.25) is 6.04 Å². The summed E-state index contributed by atoms with van der Waals surface area (Å²) in [5, 5.41) is 5.61. The van der Waals surface area contributed by atoms with Gasteiger partial charge in [0.25, 0.3) is 0 Å². The standard InChI is InChI=1S/2C13H15.C3H7Si.2ClH.Hf/c2*1-9(2)12-6-4-5-11-7-10(3)8-13(11)12;1-2-3-4;;;/h2*4-9H,1-3H3;2-3H2,1H3;2*1H;/q2*-1;;;;+2/p-2. The van der Waals surface area contributed by atoms with Gasteiger partial charge in [-0.05, 0) is 11.8 Å². The van der Waals surface area contributed by atoms with E-state index in [1.54, 1.807) is 0 Å². The molecule has 0 aromatic heterocycles. The van der Waals surface area contributed by atoms with Crippen molar-refractivity contribution in [2.75, 3.05) is 0 Å². The second-order valence-electron chi connectivity index (χ2n) is 9.26. The third kappa shape index (κ3) is 8.80. The summed E-state index contributed by atoms with van der Waals surface area (Å²) in [5.74, 6) is 1.23. The summed E-state index contributed by atoms with van der Waals surface area (Å²) in [5.41, 5.74) is 5.66. The molecular weight excluding hydrogens is 626 g/mol. The van der Waals surface area contributed by atoms with E-state index in [0.717, 1.165) is 6.22 Å². The Hall–Kier alpha value is -0.673. The minimum Gasteiger partial charge on any atom is -0.165 e. The molecule has 0 bridgehead atoms. The Kier molecular flexibility index (Phi) is 12.1. The number of fused-ring (bicyclic) bond motifs is 2. The molecule has 4 rings (SSSR count). The van der Waals surface area contributed by atoms with Gasteiger partial charge in [-0.2, -0.15) is 12.1 Å². The van der Waals surface area contributed by atoms with Crippen molar-refractivity contribution >= 4 is 44.9 Å². The molecule has 0 nitrogen and oxygen atoms in total. The SMILES string of the molecule is CCC[Si]=[Hf]([Cl])[Cl].Cc1cc2c(C(C)C)cccc2[cH-]1.Cc1cc2c(C(C)C)cccc2[cH-]1. The maximum Gasteiger partial charge on any atom is -0.0308 e. The smallest absolute Gasteiger partial charge is 0.0308 e. The van der Waals surface area contributed by atoms with Gasteiger partial charge in [-0.3, -0.25) is 0 Å². The number of hydrogen-bond donors (Lipinski definition) is 0. The van der Waals surface area contributed by atoms with Gasteiger partial charge in [0.1, 0.15) is 0 Å². The number of aryl methyl sites for hydroxylation is 2. The number of hydrogen-bond acceptors (Lipinski definition) is 0. The maximum absolute atomic E-state index is 5.65. The van der Waals surface area contributed by atoms with Gasteiger partial charge in [0.15, 0.2) is 0 Å². The molecule has 4 aromatic carbocycles. The zero-order valence-corrected chi connectivity index (χ0v) is 27.2. The molecule has 0 amide bonds. The van der Waals surface area contributed by atoms with E-state index in [2.05, 4.69) is 109 Å². The molecular formula is C29H37Cl2HfSi-2. The van der Waals surface area contributed by atoms with Crippen LogP contribution in [0.4, 0.5) is 0 Å². The first-order valence-electron chi connectivity index (χ1n) is 11.9. The van der Waals surface area contributed by atoms with E-state index in [-0.39, 0.29) is 0 Å². The van der Waals surface area contributed by atoms with Gasteiger partial charge in [-0.1, -0.05) is 64.8 Å². The summed E-state index contributed by atoms with van der Waals surface area (Å²) in [4.78, 5) is 0. The monoisotopic (exact) mass is 663 g/mol. The van der Waals surface area contributed by atoms with Crippen LogP contribution in [-0.2, 0) is 17.7 Å². The van der Waals surface area contributed by atoms with Crippen LogP contribution < -0.4 is 0 Å². The predicted octanol–water partition coefficient (Wildman–Crippen LogP) is 10.3. The van der Waals surface area contributed by atoms with Gasteiger partial charge < -0.3 is 0 Å². The van der Waals surface area contributed by atoms with Crippen molar-refractivity contribution < 1.29 is 17.7 Å². The normalized spacial score (nSPS) is 10.8. The van der Waals surface area contributed by atoms with Gasteiger partial charge in [0.2, 0.25) is 0 Å². The molecule has 0 atom stereocenters. The molecule has 0 aliphatic rings. The first-order valence-corrected chi connectivity index (χ1v) is 27.4. The largest absolute Gasteiger partial charge is 0.165 e. The fraction of sp³-hybridized carbons (Fsp3) is 0.379. The summed E-state index contributed by atoms with van der Waals surface area (Å²) in [7, 11) is 11.3. The second-order valence-corrected chi connectivity index (χ2v) is 32.8. The fourth-order valence-corrected chi connectivity index (χ4v) is 13.9. The van der Waals surface area contributed by atoms with E-state index in [9.17, 15) is 0 Å². The van der Waals surface area contributed by atoms with Crippen molar-refractivity contribution in [1.82, 2.24) is 0 Å². The van der Waals surface area contributed by atoms with E-state index >= 15 is 0 Å². The summed E-state index contributed by atoms with van der Waals surface area (Å²) in [6, 6.07) is 23.5. The Morgan fingerprint density at radius 1 is 0.788 bits per heavy atom. The first kappa shape index (κ1) is 28.6. The molecule has 0 aliphatic carbocycles. The molecule has 33 heavy (non-hydrogen) atoms. The van der Waals surface area contributed by atoms with Crippen LogP contribution in [0.1, 0.15) is 75.1 Å². The van der Waals surface area contributed by atoms with E-state index in [1.807, 2.05) is 0 Å². The third-order valence-electron chi connectivity index (χ3n) is 5.61. The van der Waals surface area contributed by atoms with Crippen molar-refractivity contribution in [1.29, 1.82) is 0 Å². The van der Waals surface area contributed by atoms with Gasteiger partial charge in [0.05, 0.1) is 0 Å². The first-order chi connectivity index (χ1) is 15.6. The van der Waals surface area contributed by atoms with E-state index in [0.29, 0.717) is 11.8 Å². The molecule has 0 saturated carbocycles.